The minimum Gasteiger partial charge on any atom is -0.449 e. The molecule has 1 amide bonds. The summed E-state index contributed by atoms with van der Waals surface area (Å²) in [5, 5.41) is 9.98. The molecule has 0 saturated carbocycles. The molecule has 1 atom stereocenters. The largest absolute Gasteiger partial charge is 0.449 e. The van der Waals surface area contributed by atoms with Gasteiger partial charge in [0.2, 0.25) is 0 Å². The Morgan fingerprint density at radius 3 is 1.56 bits per heavy atom. The summed E-state index contributed by atoms with van der Waals surface area (Å²) in [6.07, 6.45) is 1.16. The van der Waals surface area contributed by atoms with E-state index >= 15 is 0 Å². The van der Waals surface area contributed by atoms with Crippen molar-refractivity contribution in [2.75, 3.05) is 62.6 Å². The van der Waals surface area contributed by atoms with Gasteiger partial charge < -0.3 is 24.8 Å². The van der Waals surface area contributed by atoms with Crippen LogP contribution in [0, 0.1) is 10.8 Å². The van der Waals surface area contributed by atoms with Crippen LogP contribution in [0.1, 0.15) is 26.7 Å². The van der Waals surface area contributed by atoms with Crippen molar-refractivity contribution in [3.63, 3.8) is 0 Å². The van der Waals surface area contributed by atoms with Crippen LogP contribution in [0.5, 0.6) is 0 Å². The molecule has 0 aliphatic rings. The number of hydrogen-bond donors (Lipinski definition) is 3. The standard InChI is InChI=1S/C32H43N3O4/c1-4-31(21-33-27-15-9-6-10-16-27,22-34-28-17-11-7-12-18-28)24-38-25-32(5-2,23-37-3)26-39-30(36)35-29-19-13-8-14-20-29/h6-20,33-34H,4-5,21-26H2,1-3H3,(H,35,36). The minimum absolute atomic E-state index is 0.177. The van der Waals surface area contributed by atoms with Crippen molar-refractivity contribution in [3.8, 4) is 0 Å². The maximum absolute atomic E-state index is 12.5. The SMILES string of the molecule is CCC(CNc1ccccc1)(CNc1ccccc1)COCC(CC)(COC)COC(=O)Nc1ccccc1. The van der Waals surface area contributed by atoms with Gasteiger partial charge in [0.25, 0.3) is 0 Å². The second-order valence-electron chi connectivity index (χ2n) is 10.1. The minimum atomic E-state index is -0.489. The van der Waals surface area contributed by atoms with E-state index in [1.807, 2.05) is 66.7 Å². The van der Waals surface area contributed by atoms with Crippen molar-refractivity contribution < 1.29 is 19.0 Å². The Kier molecular flexibility index (Phi) is 12.1. The molecule has 0 heterocycles. The second kappa shape index (κ2) is 15.8. The summed E-state index contributed by atoms with van der Waals surface area (Å²) in [6, 6.07) is 29.7. The van der Waals surface area contributed by atoms with Crippen molar-refractivity contribution in [2.45, 2.75) is 26.7 Å². The first-order chi connectivity index (χ1) is 19.0. The molecule has 0 aromatic heterocycles. The first-order valence-electron chi connectivity index (χ1n) is 13.7. The maximum atomic E-state index is 12.5. The Balaban J connectivity index is 1.64. The van der Waals surface area contributed by atoms with Crippen LogP contribution in [0.15, 0.2) is 91.0 Å². The molecule has 0 spiro atoms. The van der Waals surface area contributed by atoms with Crippen LogP contribution in [0.2, 0.25) is 0 Å². The summed E-state index contributed by atoms with van der Waals surface area (Å²) in [4.78, 5) is 12.5. The number of benzene rings is 3. The van der Waals surface area contributed by atoms with Crippen LogP contribution in [0.3, 0.4) is 0 Å². The predicted molar refractivity (Wildman–Crippen MR) is 159 cm³/mol. The average molecular weight is 534 g/mol. The van der Waals surface area contributed by atoms with E-state index in [0.29, 0.717) is 25.5 Å². The van der Waals surface area contributed by atoms with E-state index in [4.69, 9.17) is 14.2 Å². The van der Waals surface area contributed by atoms with Crippen LogP contribution in [-0.4, -0.2) is 52.7 Å². The molecule has 0 bridgehead atoms. The lowest BCUT2D eigenvalue weighted by Crippen LogP contribution is -2.43. The van der Waals surface area contributed by atoms with Gasteiger partial charge in [-0.25, -0.2) is 4.79 Å². The molecule has 39 heavy (non-hydrogen) atoms. The molecule has 7 nitrogen and oxygen atoms in total. The van der Waals surface area contributed by atoms with Gasteiger partial charge in [0.1, 0.15) is 6.61 Å². The fourth-order valence-corrected chi connectivity index (χ4v) is 4.32. The van der Waals surface area contributed by atoms with Gasteiger partial charge in [-0.3, -0.25) is 5.32 Å². The molecular weight excluding hydrogens is 490 g/mol. The van der Waals surface area contributed by atoms with Crippen LogP contribution in [-0.2, 0) is 14.2 Å². The molecule has 0 radical (unpaired) electrons. The van der Waals surface area contributed by atoms with E-state index in [2.05, 4.69) is 54.1 Å². The van der Waals surface area contributed by atoms with Gasteiger partial charge in [0, 0.05) is 42.7 Å². The summed E-state index contributed by atoms with van der Waals surface area (Å²) in [6.45, 7) is 7.31. The van der Waals surface area contributed by atoms with Gasteiger partial charge in [-0.1, -0.05) is 68.4 Å². The zero-order valence-electron chi connectivity index (χ0n) is 23.5. The third-order valence-electron chi connectivity index (χ3n) is 7.18. The number of nitrogens with one attached hydrogen (secondary N) is 3. The molecule has 0 fully saturated rings. The van der Waals surface area contributed by atoms with Crippen molar-refractivity contribution >= 4 is 23.2 Å². The number of hydrogen-bond acceptors (Lipinski definition) is 6. The lowest BCUT2D eigenvalue weighted by molar-refractivity contribution is -0.0607. The van der Waals surface area contributed by atoms with Gasteiger partial charge in [-0.15, -0.1) is 0 Å². The van der Waals surface area contributed by atoms with E-state index in [-0.39, 0.29) is 12.0 Å². The number of carbonyl (C=O) groups excluding carboxylic acids is 1. The first-order valence-corrected chi connectivity index (χ1v) is 13.7. The lowest BCUT2D eigenvalue weighted by Gasteiger charge is -2.36. The van der Waals surface area contributed by atoms with Crippen LogP contribution in [0.25, 0.3) is 0 Å². The number of anilines is 3. The highest BCUT2D eigenvalue weighted by atomic mass is 16.6. The van der Waals surface area contributed by atoms with Crippen LogP contribution < -0.4 is 16.0 Å². The van der Waals surface area contributed by atoms with Crippen molar-refractivity contribution in [2.24, 2.45) is 10.8 Å². The number of rotatable bonds is 17. The van der Waals surface area contributed by atoms with Crippen molar-refractivity contribution in [3.05, 3.63) is 91.0 Å². The Hall–Kier alpha value is -3.55. The van der Waals surface area contributed by atoms with Gasteiger partial charge in [-0.05, 0) is 49.2 Å². The molecule has 1 unspecified atom stereocenters. The number of carbonyl (C=O) groups is 1. The van der Waals surface area contributed by atoms with Crippen LogP contribution in [0.4, 0.5) is 21.9 Å². The fraction of sp³-hybridized carbons (Fsp3) is 0.406. The highest BCUT2D eigenvalue weighted by molar-refractivity contribution is 5.84. The van der Waals surface area contributed by atoms with E-state index in [9.17, 15) is 4.79 Å². The molecule has 3 rings (SSSR count). The van der Waals surface area contributed by atoms with E-state index in [1.165, 1.54) is 0 Å². The summed E-state index contributed by atoms with van der Waals surface area (Å²) < 4.78 is 17.6. The number of ether oxygens (including phenoxy) is 3. The third kappa shape index (κ3) is 9.93. The lowest BCUT2D eigenvalue weighted by atomic mass is 9.84. The summed E-state index contributed by atoms with van der Waals surface area (Å²) in [7, 11) is 1.67. The molecule has 0 aliphatic carbocycles. The Morgan fingerprint density at radius 2 is 1.10 bits per heavy atom. The maximum Gasteiger partial charge on any atom is 0.411 e. The zero-order chi connectivity index (χ0) is 27.8. The molecule has 0 saturated heterocycles. The monoisotopic (exact) mass is 533 g/mol. The molecule has 3 N–H and O–H groups in total. The second-order valence-corrected chi connectivity index (χ2v) is 10.1. The highest BCUT2D eigenvalue weighted by Crippen LogP contribution is 2.29. The molecule has 3 aromatic rings. The topological polar surface area (TPSA) is 80.8 Å². The number of amides is 1. The normalized spacial score (nSPS) is 12.8. The molecular formula is C32H43N3O4. The van der Waals surface area contributed by atoms with Gasteiger partial charge in [0.05, 0.1) is 25.2 Å². The van der Waals surface area contributed by atoms with Gasteiger partial charge in [0.15, 0.2) is 0 Å². The third-order valence-corrected chi connectivity index (χ3v) is 7.18. The molecule has 0 aliphatic heterocycles. The van der Waals surface area contributed by atoms with Gasteiger partial charge in [-0.2, -0.15) is 0 Å². The number of para-hydroxylation sites is 3. The highest BCUT2D eigenvalue weighted by Gasteiger charge is 2.34. The summed E-state index contributed by atoms with van der Waals surface area (Å²) in [5.41, 5.74) is 2.22. The first kappa shape index (κ1) is 30.0. The van der Waals surface area contributed by atoms with E-state index in [1.54, 1.807) is 7.11 Å². The molecule has 210 valence electrons. The Labute approximate surface area is 233 Å². The Morgan fingerprint density at radius 1 is 0.641 bits per heavy atom. The fourth-order valence-electron chi connectivity index (χ4n) is 4.32. The Bertz CT molecular complexity index is 1040. The van der Waals surface area contributed by atoms with E-state index < -0.39 is 11.5 Å². The predicted octanol–water partition coefficient (Wildman–Crippen LogP) is 6.92. The van der Waals surface area contributed by atoms with Crippen LogP contribution >= 0.6 is 0 Å². The van der Waals surface area contributed by atoms with Gasteiger partial charge >= 0.3 is 6.09 Å². The quantitative estimate of drug-likeness (QED) is 0.175. The molecule has 3 aromatic carbocycles. The zero-order valence-corrected chi connectivity index (χ0v) is 23.5. The van der Waals surface area contributed by atoms with Crippen molar-refractivity contribution in [1.29, 1.82) is 0 Å². The number of methoxy groups -OCH3 is 1. The van der Waals surface area contributed by atoms with Crippen molar-refractivity contribution in [1.82, 2.24) is 0 Å². The smallest absolute Gasteiger partial charge is 0.411 e. The molecule has 7 heteroatoms. The van der Waals surface area contributed by atoms with E-state index in [0.717, 1.165) is 37.3 Å². The average Bonchev–Trinajstić information content (AvgIpc) is 2.99. The summed E-state index contributed by atoms with van der Waals surface area (Å²) in [5.74, 6) is 0. The summed E-state index contributed by atoms with van der Waals surface area (Å²) >= 11 is 0.